The lowest BCUT2D eigenvalue weighted by molar-refractivity contribution is -0.167. The molecule has 91 heavy (non-hydrogen) atoms. The first-order chi connectivity index (χ1) is 41.9. The standard InChI is InChI=1S/2C10H8Br2F3NO3.2C10H9BrF3NO3.C10H10F3NO3/c1-18-4-3-5(19-2)7(12)8(6(4)11)16-9(17)10(13,14)15;1-18-5-3-4(16-9(17)10(13,14)15)6(11)8(19-2)7(5)12;1-17-5-3-6(8(11)7(4-5)18-2)15-9(16)10(12,13)14;1-17-6-3-5(4-7(18-2)8(6)11)15-9(16)10(12,13)14;1-16-7-3-6(4-8(5-7)17-2)14-9(15)10(11,12)13/h2*3H,1-2H3,(H,16,17);2*3-4H,1-2H3,(H,15,16);3-5H,1-2H3,(H,14,15). The number of carbonyl (C=O) groups is 5. The van der Waals surface area contributed by atoms with E-state index >= 15 is 0 Å². The van der Waals surface area contributed by atoms with E-state index in [-0.39, 0.29) is 104 Å². The highest BCUT2D eigenvalue weighted by Crippen LogP contribution is 2.47. The number of anilines is 5. The van der Waals surface area contributed by atoms with E-state index in [4.69, 9.17) is 47.4 Å². The number of carbonyl (C=O) groups excluding carboxylic acids is 5. The van der Waals surface area contributed by atoms with E-state index in [1.807, 2.05) is 0 Å². The SMILES string of the molecule is COc1cc(NC(=O)C(F)(F)F)c(Br)c(OC)c1.COc1cc(NC(=O)C(F)(F)F)c(Br)c(OC)c1Br.COc1cc(NC(=O)C(F)(F)F)cc(OC)c1.COc1cc(NC(=O)C(F)(F)F)cc(OC)c1Br.COc1cc(OC)c(Br)c(NC(=O)C(F)(F)F)c1Br. The zero-order chi connectivity index (χ0) is 70.5. The smallest absolute Gasteiger partial charge is 0.471 e. The maximum absolute atomic E-state index is 12.3. The minimum absolute atomic E-state index is 0.0523. The average molecular weight is 1720 g/mol. The third-order valence-corrected chi connectivity index (χ3v) is 14.6. The Morgan fingerprint density at radius 3 is 0.901 bits per heavy atom. The normalized spacial score (nSPS) is 11.0. The van der Waals surface area contributed by atoms with Gasteiger partial charge in [-0.25, -0.2) is 0 Å². The van der Waals surface area contributed by atoms with Gasteiger partial charge in [0.15, 0.2) is 5.75 Å². The number of benzene rings is 5. The molecule has 0 aliphatic carbocycles. The van der Waals surface area contributed by atoms with Gasteiger partial charge in [0.25, 0.3) is 0 Å². The molecule has 5 aromatic carbocycles. The van der Waals surface area contributed by atoms with E-state index in [2.05, 4.69) is 95.6 Å². The minimum atomic E-state index is -4.99. The van der Waals surface area contributed by atoms with Gasteiger partial charge in [0.05, 0.1) is 106 Å². The van der Waals surface area contributed by atoms with Crippen molar-refractivity contribution >= 4 is 154 Å². The van der Waals surface area contributed by atoms with Gasteiger partial charge < -0.3 is 74.0 Å². The third kappa shape index (κ3) is 25.4. The summed E-state index contributed by atoms with van der Waals surface area (Å²) in [5.41, 5.74) is -0.455. The van der Waals surface area contributed by atoms with Gasteiger partial charge in [0.2, 0.25) is 0 Å². The highest BCUT2D eigenvalue weighted by atomic mass is 79.9. The van der Waals surface area contributed by atoms with Crippen molar-refractivity contribution in [2.75, 3.05) is 97.7 Å². The number of halogens is 21. The van der Waals surface area contributed by atoms with Gasteiger partial charge in [-0.05, 0) is 95.6 Å². The maximum atomic E-state index is 12.3. The number of hydrogen-bond acceptors (Lipinski definition) is 15. The number of methoxy groups -OCH3 is 10. The van der Waals surface area contributed by atoms with E-state index in [0.717, 1.165) is 0 Å². The van der Waals surface area contributed by atoms with Gasteiger partial charge in [-0.3, -0.25) is 24.0 Å². The fourth-order valence-corrected chi connectivity index (χ4v) is 9.66. The summed E-state index contributed by atoms with van der Waals surface area (Å²) in [4.78, 5) is 54.2. The summed E-state index contributed by atoms with van der Waals surface area (Å²) >= 11 is 18.5. The van der Waals surface area contributed by atoms with E-state index in [0.29, 0.717) is 8.95 Å². The molecule has 5 amide bonds. The fourth-order valence-electron chi connectivity index (χ4n) is 5.73. The summed E-state index contributed by atoms with van der Waals surface area (Å²) in [5, 5.41) is 8.64. The molecule has 0 aliphatic rings. The topological polar surface area (TPSA) is 238 Å². The van der Waals surface area contributed by atoms with E-state index < -0.39 is 60.4 Å². The number of hydrogen-bond donors (Lipinski definition) is 5. The zero-order valence-electron chi connectivity index (χ0n) is 47.3. The van der Waals surface area contributed by atoms with E-state index in [1.165, 1.54) is 126 Å². The molecule has 5 aromatic rings. The second-order valence-corrected chi connectivity index (χ2v) is 20.6. The van der Waals surface area contributed by atoms with Crippen LogP contribution in [0.3, 0.4) is 0 Å². The monoisotopic (exact) mass is 1710 g/mol. The number of nitrogens with one attached hydrogen (secondary N) is 5. The molecule has 0 fully saturated rings. The Labute approximate surface area is 554 Å². The molecule has 0 bridgehead atoms. The van der Waals surface area contributed by atoms with Crippen LogP contribution in [-0.2, 0) is 24.0 Å². The molecule has 0 saturated carbocycles. The van der Waals surface area contributed by atoms with Crippen LogP contribution in [-0.4, -0.2) is 132 Å². The van der Waals surface area contributed by atoms with Crippen LogP contribution in [0.5, 0.6) is 57.5 Å². The van der Waals surface area contributed by atoms with Crippen LogP contribution in [0.4, 0.5) is 94.3 Å². The van der Waals surface area contributed by atoms with Crippen LogP contribution in [0.1, 0.15) is 0 Å². The van der Waals surface area contributed by atoms with Crippen molar-refractivity contribution in [3.05, 3.63) is 81.4 Å². The minimum Gasteiger partial charge on any atom is -0.497 e. The van der Waals surface area contributed by atoms with Gasteiger partial charge in [0, 0.05) is 66.0 Å². The van der Waals surface area contributed by atoms with Crippen molar-refractivity contribution in [3.63, 3.8) is 0 Å². The predicted molar refractivity (Wildman–Crippen MR) is 317 cm³/mol. The molecular formula is C50H44Br6F15N5O15. The van der Waals surface area contributed by atoms with Gasteiger partial charge in [0.1, 0.15) is 60.7 Å². The second-order valence-electron chi connectivity index (χ2n) is 15.8. The third-order valence-electron chi connectivity index (χ3n) is 9.93. The molecule has 0 aliphatic heterocycles. The molecule has 0 radical (unpaired) electrons. The quantitative estimate of drug-likeness (QED) is 0.0613. The number of amides is 5. The molecule has 5 rings (SSSR count). The Balaban J connectivity index is 0.000000569. The lowest BCUT2D eigenvalue weighted by Crippen LogP contribution is -2.30. The Bertz CT molecular complexity index is 3280. The van der Waals surface area contributed by atoms with Crippen LogP contribution in [0.25, 0.3) is 0 Å². The highest BCUT2D eigenvalue weighted by molar-refractivity contribution is 9.11. The average Bonchev–Trinajstić information content (AvgIpc) is 0.963. The maximum Gasteiger partial charge on any atom is 0.471 e. The first kappa shape index (κ1) is 82.3. The highest BCUT2D eigenvalue weighted by Gasteiger charge is 2.43. The van der Waals surface area contributed by atoms with Crippen LogP contribution in [0, 0.1) is 0 Å². The lowest BCUT2D eigenvalue weighted by atomic mass is 10.2. The molecule has 0 aromatic heterocycles. The van der Waals surface area contributed by atoms with Crippen LogP contribution in [0.15, 0.2) is 81.4 Å². The van der Waals surface area contributed by atoms with Crippen LogP contribution in [0.2, 0.25) is 0 Å². The summed E-state index contributed by atoms with van der Waals surface area (Å²) < 4.78 is 233. The summed E-state index contributed by atoms with van der Waals surface area (Å²) in [6, 6.07) is 11.9. The molecule has 0 unspecified atom stereocenters. The first-order valence-corrected chi connectivity index (χ1v) is 27.8. The molecular weight excluding hydrogens is 1670 g/mol. The second kappa shape index (κ2) is 35.9. The molecule has 41 heteroatoms. The summed E-state index contributed by atoms with van der Waals surface area (Å²) in [5.74, 6) is -7.95. The Hall–Kier alpha value is -6.72. The summed E-state index contributed by atoms with van der Waals surface area (Å²) in [6.45, 7) is 0. The van der Waals surface area contributed by atoms with E-state index in [9.17, 15) is 89.8 Å². The van der Waals surface area contributed by atoms with Crippen LogP contribution >= 0.6 is 95.6 Å². The van der Waals surface area contributed by atoms with Crippen molar-refractivity contribution < 1.29 is 137 Å². The Morgan fingerprint density at radius 1 is 0.286 bits per heavy atom. The Kier molecular flexibility index (Phi) is 32.5. The lowest BCUT2D eigenvalue weighted by Gasteiger charge is -2.16. The van der Waals surface area contributed by atoms with Crippen molar-refractivity contribution in [1.82, 2.24) is 0 Å². The fraction of sp³-hybridized carbons (Fsp3) is 0.300. The van der Waals surface area contributed by atoms with Crippen molar-refractivity contribution in [2.24, 2.45) is 0 Å². The van der Waals surface area contributed by atoms with Gasteiger partial charge in [-0.15, -0.1) is 0 Å². The molecule has 5 N–H and O–H groups in total. The zero-order valence-corrected chi connectivity index (χ0v) is 56.8. The molecule has 0 spiro atoms. The first-order valence-electron chi connectivity index (χ1n) is 23.1. The van der Waals surface area contributed by atoms with Crippen LogP contribution < -0.4 is 74.0 Å². The molecule has 0 saturated heterocycles. The van der Waals surface area contributed by atoms with E-state index in [1.54, 1.807) is 26.6 Å². The molecule has 0 atom stereocenters. The van der Waals surface area contributed by atoms with Crippen molar-refractivity contribution in [2.45, 2.75) is 30.9 Å². The molecule has 0 heterocycles. The number of alkyl halides is 15. The number of rotatable bonds is 15. The molecule has 20 nitrogen and oxygen atoms in total. The largest absolute Gasteiger partial charge is 0.497 e. The predicted octanol–water partition coefficient (Wildman–Crippen LogP) is 15.6. The Morgan fingerprint density at radius 2 is 0.571 bits per heavy atom. The van der Waals surface area contributed by atoms with Gasteiger partial charge in [-0.2, -0.15) is 65.9 Å². The molecule has 506 valence electrons. The summed E-state index contributed by atoms with van der Waals surface area (Å²) in [7, 11) is 13.4. The number of ether oxygens (including phenoxy) is 10. The van der Waals surface area contributed by atoms with Crippen molar-refractivity contribution in [1.29, 1.82) is 0 Å². The van der Waals surface area contributed by atoms with Crippen molar-refractivity contribution in [3.8, 4) is 57.5 Å². The van der Waals surface area contributed by atoms with Gasteiger partial charge >= 0.3 is 60.4 Å². The summed E-state index contributed by atoms with van der Waals surface area (Å²) in [6.07, 6.45) is -24.8. The van der Waals surface area contributed by atoms with Gasteiger partial charge in [-0.1, -0.05) is 0 Å².